The molecule has 0 atom stereocenters. The van der Waals surface area contributed by atoms with E-state index in [-0.39, 0.29) is 0 Å². The zero-order valence-electron chi connectivity index (χ0n) is 10.0. The predicted octanol–water partition coefficient (Wildman–Crippen LogP) is 1.24. The molecule has 1 saturated carbocycles. The van der Waals surface area contributed by atoms with Crippen molar-refractivity contribution < 1.29 is 0 Å². The molecule has 5 nitrogen and oxygen atoms in total. The van der Waals surface area contributed by atoms with Crippen molar-refractivity contribution in [3.05, 3.63) is 24.5 Å². The fourth-order valence-corrected chi connectivity index (χ4v) is 1.97. The highest BCUT2D eigenvalue weighted by molar-refractivity contribution is 5.45. The molecular weight excluding hydrogens is 214 g/mol. The number of nitrogens with one attached hydrogen (secondary N) is 1. The predicted molar refractivity (Wildman–Crippen MR) is 67.1 cm³/mol. The van der Waals surface area contributed by atoms with E-state index >= 15 is 0 Å². The molecule has 17 heavy (non-hydrogen) atoms. The third-order valence-corrected chi connectivity index (χ3v) is 3.20. The molecule has 1 aliphatic carbocycles. The Bertz CT molecular complexity index is 502. The van der Waals surface area contributed by atoms with E-state index < -0.39 is 0 Å². The van der Waals surface area contributed by atoms with E-state index in [4.69, 9.17) is 0 Å². The van der Waals surface area contributed by atoms with Gasteiger partial charge in [-0.05, 0) is 26.0 Å². The Morgan fingerprint density at radius 2 is 2.35 bits per heavy atom. The zero-order chi connectivity index (χ0) is 11.7. The maximum atomic E-state index is 4.46. The summed E-state index contributed by atoms with van der Waals surface area (Å²) in [5.74, 6) is 0.919. The highest BCUT2D eigenvalue weighted by atomic mass is 15.2. The summed E-state index contributed by atoms with van der Waals surface area (Å²) in [7, 11) is 2.19. The number of likely N-dealkylation sites (N-methyl/N-ethyl adjacent to an activating group) is 1. The molecule has 5 heteroatoms. The minimum Gasteiger partial charge on any atom is -0.369 e. The molecular formula is C12H17N5. The van der Waals surface area contributed by atoms with Crippen LogP contribution in [0.15, 0.2) is 24.5 Å². The summed E-state index contributed by atoms with van der Waals surface area (Å²) in [6.45, 7) is 2.00. The molecule has 0 spiro atoms. The Morgan fingerprint density at radius 3 is 3.18 bits per heavy atom. The van der Waals surface area contributed by atoms with Gasteiger partial charge in [-0.2, -0.15) is 5.10 Å². The normalized spacial score (nSPS) is 15.6. The third kappa shape index (κ3) is 2.39. The maximum absolute atomic E-state index is 4.46. The van der Waals surface area contributed by atoms with E-state index in [0.29, 0.717) is 0 Å². The molecule has 0 amide bonds. The number of fused-ring (bicyclic) bond motifs is 1. The van der Waals surface area contributed by atoms with Crippen molar-refractivity contribution in [3.8, 4) is 0 Å². The van der Waals surface area contributed by atoms with Crippen LogP contribution in [-0.4, -0.2) is 45.7 Å². The highest BCUT2D eigenvalue weighted by Crippen LogP contribution is 2.24. The van der Waals surface area contributed by atoms with Crippen LogP contribution in [0.4, 0.5) is 5.82 Å². The first-order valence-electron chi connectivity index (χ1n) is 6.07. The van der Waals surface area contributed by atoms with Gasteiger partial charge in [0, 0.05) is 31.4 Å². The summed E-state index contributed by atoms with van der Waals surface area (Å²) in [6, 6.07) is 4.68. The zero-order valence-corrected chi connectivity index (χ0v) is 10.0. The van der Waals surface area contributed by atoms with Gasteiger partial charge in [-0.3, -0.25) is 0 Å². The molecule has 2 aromatic rings. The van der Waals surface area contributed by atoms with Crippen LogP contribution in [0.3, 0.4) is 0 Å². The minimum absolute atomic E-state index is 0.821. The van der Waals surface area contributed by atoms with Crippen LogP contribution in [0.5, 0.6) is 0 Å². The van der Waals surface area contributed by atoms with Crippen molar-refractivity contribution in [2.45, 2.75) is 18.9 Å². The Morgan fingerprint density at radius 1 is 1.47 bits per heavy atom. The summed E-state index contributed by atoms with van der Waals surface area (Å²) in [5, 5.41) is 7.46. The quantitative estimate of drug-likeness (QED) is 0.841. The second kappa shape index (κ2) is 4.33. The lowest BCUT2D eigenvalue weighted by molar-refractivity contribution is 0.337. The van der Waals surface area contributed by atoms with Gasteiger partial charge in [-0.15, -0.1) is 0 Å². The first-order chi connectivity index (χ1) is 8.33. The van der Waals surface area contributed by atoms with Crippen molar-refractivity contribution in [3.63, 3.8) is 0 Å². The van der Waals surface area contributed by atoms with E-state index in [9.17, 15) is 0 Å². The van der Waals surface area contributed by atoms with Crippen molar-refractivity contribution in [1.82, 2.24) is 19.5 Å². The Labute approximate surface area is 100 Å². The third-order valence-electron chi connectivity index (χ3n) is 3.20. The lowest BCUT2D eigenvalue weighted by atomic mass is 10.4. The molecule has 0 saturated heterocycles. The van der Waals surface area contributed by atoms with Gasteiger partial charge in [0.25, 0.3) is 0 Å². The topological polar surface area (TPSA) is 45.5 Å². The number of nitrogens with zero attached hydrogens (tertiary/aromatic N) is 4. The van der Waals surface area contributed by atoms with Gasteiger partial charge < -0.3 is 10.2 Å². The van der Waals surface area contributed by atoms with E-state index in [1.807, 2.05) is 18.3 Å². The lowest BCUT2D eigenvalue weighted by Gasteiger charge is -2.15. The van der Waals surface area contributed by atoms with Crippen molar-refractivity contribution >= 4 is 11.5 Å². The molecule has 0 aliphatic heterocycles. The van der Waals surface area contributed by atoms with Gasteiger partial charge in [0.2, 0.25) is 0 Å². The van der Waals surface area contributed by atoms with Crippen molar-refractivity contribution in [2.75, 3.05) is 25.5 Å². The molecule has 1 fully saturated rings. The molecule has 2 aromatic heterocycles. The van der Waals surface area contributed by atoms with Gasteiger partial charge in [-0.1, -0.05) is 0 Å². The highest BCUT2D eigenvalue weighted by Gasteiger charge is 2.25. The average Bonchev–Trinajstić information content (AvgIpc) is 3.08. The van der Waals surface area contributed by atoms with Gasteiger partial charge in [0.1, 0.15) is 5.82 Å². The average molecular weight is 231 g/mol. The Hall–Kier alpha value is -1.62. The number of aromatic nitrogens is 3. The van der Waals surface area contributed by atoms with Gasteiger partial charge >= 0.3 is 0 Å². The smallest absolute Gasteiger partial charge is 0.157 e. The maximum Gasteiger partial charge on any atom is 0.157 e. The van der Waals surface area contributed by atoms with Gasteiger partial charge in [0.05, 0.1) is 6.20 Å². The van der Waals surface area contributed by atoms with E-state index in [1.165, 1.54) is 12.8 Å². The molecule has 2 heterocycles. The number of hydrogen-bond acceptors (Lipinski definition) is 4. The Kier molecular flexibility index (Phi) is 2.68. The summed E-state index contributed by atoms with van der Waals surface area (Å²) < 4.78 is 1.77. The molecule has 0 aromatic carbocycles. The summed E-state index contributed by atoms with van der Waals surface area (Å²) in [4.78, 5) is 6.87. The SMILES string of the molecule is CN(CCNc1ccn2nccc2n1)C1CC1. The van der Waals surface area contributed by atoms with Crippen molar-refractivity contribution in [1.29, 1.82) is 0 Å². The van der Waals surface area contributed by atoms with E-state index in [1.54, 1.807) is 10.7 Å². The van der Waals surface area contributed by atoms with Crippen LogP contribution in [0.1, 0.15) is 12.8 Å². The second-order valence-corrected chi connectivity index (χ2v) is 4.59. The fourth-order valence-electron chi connectivity index (χ4n) is 1.97. The van der Waals surface area contributed by atoms with Crippen LogP contribution < -0.4 is 5.32 Å². The van der Waals surface area contributed by atoms with Gasteiger partial charge in [0.15, 0.2) is 5.65 Å². The molecule has 1 aliphatic rings. The molecule has 90 valence electrons. The van der Waals surface area contributed by atoms with Crippen LogP contribution in [0.2, 0.25) is 0 Å². The summed E-state index contributed by atoms with van der Waals surface area (Å²) in [5.41, 5.74) is 0.880. The molecule has 0 unspecified atom stereocenters. The molecule has 0 radical (unpaired) electrons. The Balaban J connectivity index is 1.56. The van der Waals surface area contributed by atoms with E-state index in [2.05, 4.69) is 27.3 Å². The van der Waals surface area contributed by atoms with Crippen LogP contribution >= 0.6 is 0 Å². The minimum atomic E-state index is 0.821. The van der Waals surface area contributed by atoms with Gasteiger partial charge in [-0.25, -0.2) is 9.50 Å². The van der Waals surface area contributed by atoms with Crippen LogP contribution in [-0.2, 0) is 0 Å². The first-order valence-corrected chi connectivity index (χ1v) is 6.07. The fraction of sp³-hybridized carbons (Fsp3) is 0.500. The number of rotatable bonds is 5. The molecule has 3 rings (SSSR count). The molecule has 1 N–H and O–H groups in total. The summed E-state index contributed by atoms with van der Waals surface area (Å²) in [6.07, 6.45) is 6.40. The number of hydrogen-bond donors (Lipinski definition) is 1. The van der Waals surface area contributed by atoms with Crippen molar-refractivity contribution in [2.24, 2.45) is 0 Å². The lowest BCUT2D eigenvalue weighted by Crippen LogP contribution is -2.27. The number of anilines is 1. The standard InChI is InChI=1S/C12H17N5/c1-16(10-2-3-10)9-7-13-11-5-8-17-12(15-11)4-6-14-17/h4-6,8,10H,2-3,7,9H2,1H3,(H,13,15). The largest absolute Gasteiger partial charge is 0.369 e. The first kappa shape index (κ1) is 10.5. The molecule has 0 bridgehead atoms. The van der Waals surface area contributed by atoms with Crippen LogP contribution in [0.25, 0.3) is 5.65 Å². The monoisotopic (exact) mass is 231 g/mol. The van der Waals surface area contributed by atoms with E-state index in [0.717, 1.165) is 30.6 Å². The summed E-state index contributed by atoms with van der Waals surface area (Å²) >= 11 is 0. The second-order valence-electron chi connectivity index (χ2n) is 4.59. The van der Waals surface area contributed by atoms with Crippen LogP contribution in [0, 0.1) is 0 Å².